The van der Waals surface area contributed by atoms with Gasteiger partial charge in [0.25, 0.3) is 5.91 Å². The van der Waals surface area contributed by atoms with Crippen LogP contribution in [-0.2, 0) is 9.59 Å². The number of hydrogen-bond donors (Lipinski definition) is 0. The third-order valence-corrected chi connectivity index (χ3v) is 10.8. The van der Waals surface area contributed by atoms with Crippen molar-refractivity contribution in [1.82, 2.24) is 14.7 Å². The van der Waals surface area contributed by atoms with Gasteiger partial charge in [-0.25, -0.2) is 0 Å². The Morgan fingerprint density at radius 1 is 0.854 bits per heavy atom. The first kappa shape index (κ1) is 28.8. The third kappa shape index (κ3) is 5.72. The number of likely N-dealkylation sites (N-methyl/N-ethyl adjacent to an activating group) is 1. The van der Waals surface area contributed by atoms with Crippen LogP contribution in [-0.4, -0.2) is 71.7 Å². The van der Waals surface area contributed by atoms with Crippen molar-refractivity contribution < 1.29 is 14.4 Å². The van der Waals surface area contributed by atoms with Gasteiger partial charge in [-0.2, -0.15) is 0 Å². The summed E-state index contributed by atoms with van der Waals surface area (Å²) < 4.78 is 0. The molecule has 2 aromatic carbocycles. The summed E-state index contributed by atoms with van der Waals surface area (Å²) >= 11 is 19.1. The van der Waals surface area contributed by atoms with Gasteiger partial charge in [0.1, 0.15) is 0 Å². The molecule has 6 nitrogen and oxygen atoms in total. The normalized spacial score (nSPS) is 23.9. The van der Waals surface area contributed by atoms with Crippen molar-refractivity contribution in [2.45, 2.75) is 63.3 Å². The number of benzene rings is 2. The van der Waals surface area contributed by atoms with Crippen LogP contribution in [0.25, 0.3) is 0 Å². The molecule has 2 aliphatic heterocycles. The Kier molecular flexibility index (Phi) is 7.80. The average molecular weight is 617 g/mol. The number of nitrogens with zero attached hydrogens (tertiary/aromatic N) is 3. The van der Waals surface area contributed by atoms with Crippen molar-refractivity contribution in [1.29, 1.82) is 0 Å². The van der Waals surface area contributed by atoms with Crippen LogP contribution >= 0.6 is 34.8 Å². The van der Waals surface area contributed by atoms with E-state index in [9.17, 15) is 14.4 Å². The zero-order chi connectivity index (χ0) is 29.1. The Hall–Kier alpha value is -2.28. The van der Waals surface area contributed by atoms with Crippen LogP contribution in [0.15, 0.2) is 36.4 Å². The molecule has 2 heterocycles. The van der Waals surface area contributed by atoms with E-state index in [-0.39, 0.29) is 41.0 Å². The van der Waals surface area contributed by atoms with Gasteiger partial charge in [-0.3, -0.25) is 14.4 Å². The molecule has 2 saturated carbocycles. The predicted molar refractivity (Wildman–Crippen MR) is 162 cm³/mol. The highest BCUT2D eigenvalue weighted by molar-refractivity contribution is 6.42. The molecule has 2 unspecified atom stereocenters. The minimum atomic E-state index is -0.236. The Balaban J connectivity index is 1.20. The molecular formula is C32H36Cl3N3O3. The largest absolute Gasteiger partial charge is 0.342 e. The molecule has 0 bridgehead atoms. The van der Waals surface area contributed by atoms with Gasteiger partial charge in [-0.15, -0.1) is 0 Å². The lowest BCUT2D eigenvalue weighted by Crippen LogP contribution is -2.46. The van der Waals surface area contributed by atoms with E-state index in [1.165, 1.54) is 0 Å². The smallest absolute Gasteiger partial charge is 0.253 e. The molecular weight excluding hydrogens is 581 g/mol. The molecule has 6 rings (SSSR count). The summed E-state index contributed by atoms with van der Waals surface area (Å²) in [6.45, 7) is 4.21. The van der Waals surface area contributed by atoms with Crippen LogP contribution in [0, 0.1) is 11.3 Å². The SMILES string of the molecule is CN(C(=O)c1ccc(Cl)c(C2CC2)c1)C1CN(C(=O)C2CCN(C(=O)C3(C)CC3)CC2)CC1c1ccc(Cl)c(Cl)c1. The molecule has 2 atom stereocenters. The van der Waals surface area contributed by atoms with Crippen LogP contribution in [0.5, 0.6) is 0 Å². The number of carbonyl (C=O) groups excluding carboxylic acids is 3. The summed E-state index contributed by atoms with van der Waals surface area (Å²) in [7, 11) is 1.82. The van der Waals surface area contributed by atoms with Crippen molar-refractivity contribution >= 4 is 52.5 Å². The van der Waals surface area contributed by atoms with Gasteiger partial charge in [-0.05, 0) is 85.9 Å². The minimum absolute atomic E-state index is 0.0895. The topological polar surface area (TPSA) is 60.9 Å². The zero-order valence-corrected chi connectivity index (χ0v) is 25.8. The first-order chi connectivity index (χ1) is 19.6. The summed E-state index contributed by atoms with van der Waals surface area (Å²) in [6, 6.07) is 10.9. The van der Waals surface area contributed by atoms with Gasteiger partial charge in [0.05, 0.1) is 16.1 Å². The Bertz CT molecular complexity index is 1380. The second-order valence-electron chi connectivity index (χ2n) is 12.6. The monoisotopic (exact) mass is 615 g/mol. The fourth-order valence-corrected chi connectivity index (χ4v) is 7.12. The van der Waals surface area contributed by atoms with E-state index in [4.69, 9.17) is 34.8 Å². The molecule has 0 N–H and O–H groups in total. The quantitative estimate of drug-likeness (QED) is 0.366. The van der Waals surface area contributed by atoms with Gasteiger partial charge in [0.15, 0.2) is 0 Å². The lowest BCUT2D eigenvalue weighted by Gasteiger charge is -2.34. The third-order valence-electron chi connectivity index (χ3n) is 9.70. The van der Waals surface area contributed by atoms with Gasteiger partial charge in [0, 0.05) is 61.1 Å². The van der Waals surface area contributed by atoms with Crippen LogP contribution in [0.2, 0.25) is 15.1 Å². The van der Waals surface area contributed by atoms with Gasteiger partial charge < -0.3 is 14.7 Å². The molecule has 0 spiro atoms. The van der Waals surface area contributed by atoms with Crippen molar-refractivity contribution in [2.24, 2.45) is 11.3 Å². The van der Waals surface area contributed by atoms with E-state index in [0.29, 0.717) is 65.6 Å². The highest BCUT2D eigenvalue weighted by Crippen LogP contribution is 2.47. The summed E-state index contributed by atoms with van der Waals surface area (Å²) in [4.78, 5) is 46.0. The lowest BCUT2D eigenvalue weighted by molar-refractivity contribution is -0.142. The molecule has 4 fully saturated rings. The molecule has 41 heavy (non-hydrogen) atoms. The average Bonchev–Trinajstić information content (AvgIpc) is 3.91. The van der Waals surface area contributed by atoms with Gasteiger partial charge >= 0.3 is 0 Å². The van der Waals surface area contributed by atoms with Crippen LogP contribution in [0.1, 0.15) is 78.8 Å². The number of amides is 3. The standard InChI is InChI=1S/C32H36Cl3N3O3/c1-32(11-12-32)31(41)37-13-9-20(10-14-37)30(40)38-17-24(21-5-8-26(34)27(35)16-21)28(18-38)36(2)29(39)22-6-7-25(33)23(15-22)19-3-4-19/h5-8,15-16,19-20,24,28H,3-4,9-14,17-18H2,1-2H3. The second-order valence-corrected chi connectivity index (χ2v) is 13.9. The lowest BCUT2D eigenvalue weighted by atomic mass is 9.92. The van der Waals surface area contributed by atoms with E-state index in [1.54, 1.807) is 17.0 Å². The highest BCUT2D eigenvalue weighted by Gasteiger charge is 2.48. The molecule has 0 aromatic heterocycles. The van der Waals surface area contributed by atoms with E-state index < -0.39 is 0 Å². The van der Waals surface area contributed by atoms with E-state index >= 15 is 0 Å². The molecule has 4 aliphatic rings. The van der Waals surface area contributed by atoms with E-state index in [1.807, 2.05) is 48.0 Å². The van der Waals surface area contributed by atoms with Crippen LogP contribution in [0.4, 0.5) is 0 Å². The van der Waals surface area contributed by atoms with Crippen molar-refractivity contribution in [2.75, 3.05) is 33.2 Å². The second kappa shape index (κ2) is 11.1. The fourth-order valence-electron chi connectivity index (χ4n) is 6.54. The minimum Gasteiger partial charge on any atom is -0.342 e. The van der Waals surface area contributed by atoms with E-state index in [2.05, 4.69) is 0 Å². The predicted octanol–water partition coefficient (Wildman–Crippen LogP) is 6.63. The molecule has 3 amide bonds. The number of rotatable bonds is 6. The zero-order valence-electron chi connectivity index (χ0n) is 23.5. The molecule has 218 valence electrons. The maximum absolute atomic E-state index is 13.8. The molecule has 2 aromatic rings. The first-order valence-electron chi connectivity index (χ1n) is 14.7. The molecule has 0 radical (unpaired) electrons. The van der Waals surface area contributed by atoms with E-state index in [0.717, 1.165) is 36.8 Å². The molecule has 2 aliphatic carbocycles. The maximum atomic E-state index is 13.8. The van der Waals surface area contributed by atoms with Crippen molar-refractivity contribution in [3.05, 3.63) is 68.2 Å². The number of piperidine rings is 1. The first-order valence-corrected chi connectivity index (χ1v) is 15.8. The van der Waals surface area contributed by atoms with Gasteiger partial charge in [-0.1, -0.05) is 47.8 Å². The maximum Gasteiger partial charge on any atom is 0.253 e. The summed E-state index contributed by atoms with van der Waals surface area (Å²) in [6.07, 6.45) is 5.45. The van der Waals surface area contributed by atoms with Gasteiger partial charge in [0.2, 0.25) is 11.8 Å². The van der Waals surface area contributed by atoms with Crippen molar-refractivity contribution in [3.8, 4) is 0 Å². The molecule has 9 heteroatoms. The van der Waals surface area contributed by atoms with Crippen LogP contribution in [0.3, 0.4) is 0 Å². The summed E-state index contributed by atoms with van der Waals surface area (Å²) in [5, 5.41) is 1.63. The Morgan fingerprint density at radius 2 is 1.54 bits per heavy atom. The van der Waals surface area contributed by atoms with Crippen molar-refractivity contribution in [3.63, 3.8) is 0 Å². The Labute approximate surface area is 256 Å². The number of carbonyl (C=O) groups is 3. The summed E-state index contributed by atoms with van der Waals surface area (Å²) in [5.41, 5.74) is 2.41. The number of halogens is 3. The fraction of sp³-hybridized carbons (Fsp3) is 0.531. The number of likely N-dealkylation sites (tertiary alicyclic amines) is 2. The van der Waals surface area contributed by atoms with Crippen LogP contribution < -0.4 is 0 Å². The molecule has 2 saturated heterocycles. The summed E-state index contributed by atoms with van der Waals surface area (Å²) in [5.74, 6) is 0.431. The Morgan fingerprint density at radius 3 is 2.17 bits per heavy atom. The highest BCUT2D eigenvalue weighted by atomic mass is 35.5. The number of hydrogen-bond acceptors (Lipinski definition) is 3.